The number of hydrogen-bond acceptors (Lipinski definition) is 2. The van der Waals surface area contributed by atoms with Crippen LogP contribution in [0.3, 0.4) is 0 Å². The number of esters is 1. The molecule has 0 radical (unpaired) electrons. The minimum Gasteiger partial charge on any atom is -0.465 e. The molecule has 0 aliphatic rings. The first kappa shape index (κ1) is 11.2. The zero-order chi connectivity index (χ0) is 8.69. The maximum absolute atomic E-state index is 11.0. The lowest BCUT2D eigenvalue weighted by molar-refractivity contribution is -0.147. The first-order valence-electron chi connectivity index (χ1n) is 3.95. The van der Waals surface area contributed by atoms with E-state index in [2.05, 4.69) is 29.5 Å². The Morgan fingerprint density at radius 1 is 1.64 bits per heavy atom. The molecule has 1 unspecified atom stereocenters. The van der Waals surface area contributed by atoms with Gasteiger partial charge in [0.15, 0.2) is 0 Å². The zero-order valence-corrected chi connectivity index (χ0v) is 9.26. The van der Waals surface area contributed by atoms with E-state index in [-0.39, 0.29) is 11.9 Å². The molecule has 0 saturated heterocycles. The molecule has 0 bridgehead atoms. The van der Waals surface area contributed by atoms with Crippen LogP contribution in [-0.2, 0) is 9.53 Å². The molecule has 0 aliphatic carbocycles. The first-order chi connectivity index (χ1) is 5.22. The van der Waals surface area contributed by atoms with Gasteiger partial charge in [0, 0.05) is 4.43 Å². The smallest absolute Gasteiger partial charge is 0.309 e. The van der Waals surface area contributed by atoms with Crippen LogP contribution in [0.25, 0.3) is 0 Å². The Morgan fingerprint density at radius 2 is 2.27 bits per heavy atom. The molecule has 0 saturated carbocycles. The summed E-state index contributed by atoms with van der Waals surface area (Å²) in [7, 11) is 0. The van der Waals surface area contributed by atoms with E-state index in [4.69, 9.17) is 4.74 Å². The monoisotopic (exact) mass is 270 g/mol. The van der Waals surface area contributed by atoms with Crippen molar-refractivity contribution in [3.05, 3.63) is 0 Å². The van der Waals surface area contributed by atoms with Crippen molar-refractivity contribution in [2.75, 3.05) is 11.0 Å². The number of carbonyl (C=O) groups is 1. The lowest BCUT2D eigenvalue weighted by Crippen LogP contribution is -2.16. The molecule has 0 aromatic carbocycles. The Bertz CT molecular complexity index is 115. The molecule has 0 spiro atoms. The summed E-state index contributed by atoms with van der Waals surface area (Å²) in [6.07, 6.45) is 2.05. The average Bonchev–Trinajstić information content (AvgIpc) is 2.03. The van der Waals surface area contributed by atoms with Gasteiger partial charge in [-0.25, -0.2) is 0 Å². The van der Waals surface area contributed by atoms with Gasteiger partial charge in [0.2, 0.25) is 0 Å². The van der Waals surface area contributed by atoms with Crippen molar-refractivity contribution in [1.29, 1.82) is 0 Å². The third-order valence-corrected chi connectivity index (χ3v) is 2.70. The van der Waals surface area contributed by atoms with Gasteiger partial charge in [-0.1, -0.05) is 42.9 Å². The maximum Gasteiger partial charge on any atom is 0.309 e. The van der Waals surface area contributed by atoms with Crippen LogP contribution < -0.4 is 0 Å². The highest BCUT2D eigenvalue weighted by Crippen LogP contribution is 2.03. The molecule has 0 aromatic rings. The fourth-order valence-corrected chi connectivity index (χ4v) is 0.882. The van der Waals surface area contributed by atoms with Crippen LogP contribution >= 0.6 is 22.6 Å². The van der Waals surface area contributed by atoms with Crippen LogP contribution in [0.15, 0.2) is 0 Å². The third-order valence-electron chi connectivity index (χ3n) is 1.38. The van der Waals surface area contributed by atoms with E-state index >= 15 is 0 Å². The standard InChI is InChI=1S/C8H15IO2/c1-3-4-5-11-8(10)7(2)6-9/h7H,3-6H2,1-2H3. The van der Waals surface area contributed by atoms with Crippen molar-refractivity contribution in [3.63, 3.8) is 0 Å². The molecule has 0 aromatic heterocycles. The first-order valence-corrected chi connectivity index (χ1v) is 5.47. The van der Waals surface area contributed by atoms with Crippen molar-refractivity contribution in [3.8, 4) is 0 Å². The largest absolute Gasteiger partial charge is 0.465 e. The second-order valence-corrected chi connectivity index (χ2v) is 3.46. The summed E-state index contributed by atoms with van der Waals surface area (Å²) in [4.78, 5) is 11.0. The van der Waals surface area contributed by atoms with Crippen LogP contribution in [-0.4, -0.2) is 17.0 Å². The van der Waals surface area contributed by atoms with Crippen molar-refractivity contribution < 1.29 is 9.53 Å². The van der Waals surface area contributed by atoms with Gasteiger partial charge in [0.25, 0.3) is 0 Å². The molecule has 0 aliphatic heterocycles. The summed E-state index contributed by atoms with van der Waals surface area (Å²) in [5, 5.41) is 0. The second-order valence-electron chi connectivity index (χ2n) is 2.58. The van der Waals surface area contributed by atoms with Crippen LogP contribution in [0.4, 0.5) is 0 Å². The van der Waals surface area contributed by atoms with Crippen molar-refractivity contribution in [2.45, 2.75) is 26.7 Å². The second kappa shape index (κ2) is 6.88. The number of hydrogen-bond donors (Lipinski definition) is 0. The summed E-state index contributed by atoms with van der Waals surface area (Å²) in [6.45, 7) is 4.55. The van der Waals surface area contributed by atoms with Gasteiger partial charge in [0.05, 0.1) is 12.5 Å². The molecule has 2 nitrogen and oxygen atoms in total. The number of halogens is 1. The van der Waals surface area contributed by atoms with Crippen molar-refractivity contribution >= 4 is 28.6 Å². The predicted octanol–water partition coefficient (Wildman–Crippen LogP) is 2.40. The molecule has 0 heterocycles. The van der Waals surface area contributed by atoms with Crippen molar-refractivity contribution in [1.82, 2.24) is 0 Å². The number of unbranched alkanes of at least 4 members (excludes halogenated alkanes) is 1. The fourth-order valence-electron chi connectivity index (χ4n) is 0.522. The number of carbonyl (C=O) groups excluding carboxylic acids is 1. The molecule has 0 rings (SSSR count). The summed E-state index contributed by atoms with van der Waals surface area (Å²) < 4.78 is 5.83. The predicted molar refractivity (Wildman–Crippen MR) is 53.9 cm³/mol. The highest BCUT2D eigenvalue weighted by Gasteiger charge is 2.11. The lowest BCUT2D eigenvalue weighted by atomic mass is 10.2. The number of ether oxygens (including phenoxy) is 1. The minimum absolute atomic E-state index is 0.0486. The average molecular weight is 270 g/mol. The van der Waals surface area contributed by atoms with E-state index in [9.17, 15) is 4.79 Å². The molecular formula is C8H15IO2. The normalized spacial score (nSPS) is 12.6. The minimum atomic E-state index is -0.0622. The van der Waals surface area contributed by atoms with E-state index in [1.165, 1.54) is 0 Å². The van der Waals surface area contributed by atoms with Gasteiger partial charge < -0.3 is 4.74 Å². The highest BCUT2D eigenvalue weighted by molar-refractivity contribution is 14.1. The zero-order valence-electron chi connectivity index (χ0n) is 7.10. The van der Waals surface area contributed by atoms with Crippen LogP contribution in [0, 0.1) is 5.92 Å². The van der Waals surface area contributed by atoms with Gasteiger partial charge in [0.1, 0.15) is 0 Å². The van der Waals surface area contributed by atoms with Gasteiger partial charge in [-0.15, -0.1) is 0 Å². The highest BCUT2D eigenvalue weighted by atomic mass is 127. The van der Waals surface area contributed by atoms with E-state index in [1.807, 2.05) is 6.92 Å². The van der Waals surface area contributed by atoms with Crippen LogP contribution in [0.2, 0.25) is 0 Å². The Kier molecular flexibility index (Phi) is 7.01. The van der Waals surface area contributed by atoms with E-state index < -0.39 is 0 Å². The van der Waals surface area contributed by atoms with Gasteiger partial charge in [-0.05, 0) is 6.42 Å². The molecule has 1 atom stereocenters. The topological polar surface area (TPSA) is 26.3 Å². The van der Waals surface area contributed by atoms with Crippen LogP contribution in [0.1, 0.15) is 26.7 Å². The lowest BCUT2D eigenvalue weighted by Gasteiger charge is -2.07. The quantitative estimate of drug-likeness (QED) is 0.332. The van der Waals surface area contributed by atoms with Crippen LogP contribution in [0.5, 0.6) is 0 Å². The SMILES string of the molecule is CCCCOC(=O)C(C)CI. The fraction of sp³-hybridized carbons (Fsp3) is 0.875. The van der Waals surface area contributed by atoms with E-state index in [1.54, 1.807) is 0 Å². The van der Waals surface area contributed by atoms with Gasteiger partial charge >= 0.3 is 5.97 Å². The van der Waals surface area contributed by atoms with Gasteiger partial charge in [-0.3, -0.25) is 4.79 Å². The molecular weight excluding hydrogens is 255 g/mol. The number of rotatable bonds is 5. The summed E-state index contributed by atoms with van der Waals surface area (Å²) in [5.41, 5.74) is 0. The third kappa shape index (κ3) is 5.47. The van der Waals surface area contributed by atoms with Gasteiger partial charge in [-0.2, -0.15) is 0 Å². The molecule has 0 fully saturated rings. The van der Waals surface area contributed by atoms with Crippen molar-refractivity contribution in [2.24, 2.45) is 5.92 Å². The van der Waals surface area contributed by atoms with E-state index in [0.717, 1.165) is 17.3 Å². The molecule has 66 valence electrons. The maximum atomic E-state index is 11.0. The Labute approximate surface area is 81.8 Å². The Balaban J connectivity index is 3.36. The molecule has 3 heteroatoms. The summed E-state index contributed by atoms with van der Waals surface area (Å²) in [5.74, 6) is -0.0136. The Hall–Kier alpha value is 0.200. The molecule has 11 heavy (non-hydrogen) atoms. The number of alkyl halides is 1. The summed E-state index contributed by atoms with van der Waals surface area (Å²) in [6, 6.07) is 0. The van der Waals surface area contributed by atoms with E-state index in [0.29, 0.717) is 6.61 Å². The summed E-state index contributed by atoms with van der Waals surface area (Å²) >= 11 is 2.19. The Morgan fingerprint density at radius 3 is 2.73 bits per heavy atom. The molecule has 0 N–H and O–H groups in total. The molecule has 0 amide bonds.